The van der Waals surface area contributed by atoms with Crippen molar-refractivity contribution < 1.29 is 4.79 Å². The highest BCUT2D eigenvalue weighted by molar-refractivity contribution is 5.83. The van der Waals surface area contributed by atoms with Crippen LogP contribution in [0.15, 0.2) is 0 Å². The fourth-order valence-corrected chi connectivity index (χ4v) is 2.22. The van der Waals surface area contributed by atoms with Crippen LogP contribution >= 0.6 is 0 Å². The van der Waals surface area contributed by atoms with Crippen molar-refractivity contribution in [3.05, 3.63) is 0 Å². The van der Waals surface area contributed by atoms with E-state index in [1.54, 1.807) is 11.9 Å². The van der Waals surface area contributed by atoms with Gasteiger partial charge < -0.3 is 10.2 Å². The molecule has 0 spiro atoms. The molecule has 0 aromatic heterocycles. The van der Waals surface area contributed by atoms with E-state index >= 15 is 0 Å². The fraction of sp³-hybridized carbons (Fsp3) is 0.750. The summed E-state index contributed by atoms with van der Waals surface area (Å²) in [5.74, 6) is 2.70. The average Bonchev–Trinajstić information content (AvgIpc) is 2.29. The normalized spacial score (nSPS) is 25.7. The highest BCUT2D eigenvalue weighted by Crippen LogP contribution is 2.31. The molecule has 3 nitrogen and oxygen atoms in total. The van der Waals surface area contributed by atoms with Crippen LogP contribution in [0.3, 0.4) is 0 Å². The Morgan fingerprint density at radius 2 is 2.40 bits per heavy atom. The minimum absolute atomic E-state index is 0.190. The van der Waals surface area contributed by atoms with E-state index in [4.69, 9.17) is 6.42 Å². The topological polar surface area (TPSA) is 32.3 Å². The monoisotopic (exact) mass is 208 g/mol. The predicted molar refractivity (Wildman–Crippen MR) is 61.3 cm³/mol. The van der Waals surface area contributed by atoms with Crippen LogP contribution in [-0.2, 0) is 4.79 Å². The maximum absolute atomic E-state index is 12.2. The molecular weight excluding hydrogens is 188 g/mol. The van der Waals surface area contributed by atoms with Gasteiger partial charge in [-0.2, -0.15) is 0 Å². The van der Waals surface area contributed by atoms with E-state index in [0.717, 1.165) is 32.4 Å². The Balaban J connectivity index is 2.72. The molecule has 0 aliphatic carbocycles. The lowest BCUT2D eigenvalue weighted by Crippen LogP contribution is -2.50. The first-order valence-corrected chi connectivity index (χ1v) is 5.56. The molecule has 1 atom stereocenters. The number of carbonyl (C=O) groups excluding carboxylic acids is 1. The second-order valence-electron chi connectivity index (χ2n) is 4.28. The van der Waals surface area contributed by atoms with Crippen LogP contribution in [0, 0.1) is 17.8 Å². The van der Waals surface area contributed by atoms with Crippen LogP contribution in [-0.4, -0.2) is 37.5 Å². The second kappa shape index (κ2) is 5.18. The SMILES string of the molecule is C#CCN(C)C(=O)C1(CC)CCCNC1. The maximum atomic E-state index is 12.2. The van der Waals surface area contributed by atoms with E-state index in [1.807, 2.05) is 0 Å². The summed E-state index contributed by atoms with van der Waals surface area (Å²) in [5, 5.41) is 3.31. The Morgan fingerprint density at radius 1 is 1.67 bits per heavy atom. The number of carbonyl (C=O) groups is 1. The lowest BCUT2D eigenvalue weighted by molar-refractivity contribution is -0.141. The van der Waals surface area contributed by atoms with Crippen molar-refractivity contribution in [3.8, 4) is 12.3 Å². The second-order valence-corrected chi connectivity index (χ2v) is 4.28. The van der Waals surface area contributed by atoms with E-state index in [-0.39, 0.29) is 11.3 Å². The van der Waals surface area contributed by atoms with Crippen molar-refractivity contribution in [2.24, 2.45) is 5.41 Å². The third-order valence-electron chi connectivity index (χ3n) is 3.28. The standard InChI is InChI=1S/C12H20N2O/c1-4-9-14(3)11(15)12(5-2)7-6-8-13-10-12/h1,13H,5-10H2,2-3H3. The van der Waals surface area contributed by atoms with Crippen LogP contribution < -0.4 is 5.32 Å². The van der Waals surface area contributed by atoms with Crippen molar-refractivity contribution in [2.45, 2.75) is 26.2 Å². The summed E-state index contributed by atoms with van der Waals surface area (Å²) in [6.45, 7) is 4.29. The number of hydrogen-bond donors (Lipinski definition) is 1. The first-order valence-electron chi connectivity index (χ1n) is 5.56. The van der Waals surface area contributed by atoms with Crippen LogP contribution in [0.25, 0.3) is 0 Å². The van der Waals surface area contributed by atoms with E-state index in [2.05, 4.69) is 18.2 Å². The summed E-state index contributed by atoms with van der Waals surface area (Å²) in [5.41, 5.74) is -0.218. The molecule has 0 bridgehead atoms. The third-order valence-corrected chi connectivity index (χ3v) is 3.28. The van der Waals surface area contributed by atoms with Gasteiger partial charge in [0.2, 0.25) is 5.91 Å². The Morgan fingerprint density at radius 3 is 2.87 bits per heavy atom. The third kappa shape index (κ3) is 2.51. The number of hydrogen-bond acceptors (Lipinski definition) is 2. The molecule has 0 aromatic carbocycles. The Hall–Kier alpha value is -1.01. The summed E-state index contributed by atoms with van der Waals surface area (Å²) < 4.78 is 0. The smallest absolute Gasteiger partial charge is 0.230 e. The minimum Gasteiger partial charge on any atom is -0.334 e. The number of rotatable bonds is 3. The van der Waals surface area contributed by atoms with Gasteiger partial charge in [-0.15, -0.1) is 6.42 Å². The molecule has 1 unspecified atom stereocenters. The van der Waals surface area contributed by atoms with E-state index in [9.17, 15) is 4.79 Å². The van der Waals surface area contributed by atoms with Gasteiger partial charge in [-0.25, -0.2) is 0 Å². The van der Waals surface area contributed by atoms with Crippen molar-refractivity contribution in [2.75, 3.05) is 26.7 Å². The minimum atomic E-state index is -0.218. The zero-order valence-electron chi connectivity index (χ0n) is 9.68. The molecule has 15 heavy (non-hydrogen) atoms. The van der Waals surface area contributed by atoms with Gasteiger partial charge in [0, 0.05) is 13.6 Å². The molecule has 0 saturated carbocycles. The van der Waals surface area contributed by atoms with Crippen molar-refractivity contribution in [3.63, 3.8) is 0 Å². The molecule has 1 rings (SSSR count). The van der Waals surface area contributed by atoms with Crippen molar-refractivity contribution >= 4 is 5.91 Å². The van der Waals surface area contributed by atoms with E-state index < -0.39 is 0 Å². The van der Waals surface area contributed by atoms with Gasteiger partial charge in [0.05, 0.1) is 12.0 Å². The molecule has 0 aromatic rings. The van der Waals surface area contributed by atoms with E-state index in [1.165, 1.54) is 0 Å². The van der Waals surface area contributed by atoms with Gasteiger partial charge in [-0.3, -0.25) is 4.79 Å². The molecule has 1 N–H and O–H groups in total. The van der Waals surface area contributed by atoms with Crippen molar-refractivity contribution in [1.82, 2.24) is 10.2 Å². The molecule has 1 fully saturated rings. The average molecular weight is 208 g/mol. The summed E-state index contributed by atoms with van der Waals surface area (Å²) in [6.07, 6.45) is 8.15. The largest absolute Gasteiger partial charge is 0.334 e. The van der Waals surface area contributed by atoms with Crippen LogP contribution in [0.4, 0.5) is 0 Å². The highest BCUT2D eigenvalue weighted by Gasteiger charge is 2.39. The fourth-order valence-electron chi connectivity index (χ4n) is 2.22. The molecule has 3 heteroatoms. The summed E-state index contributed by atoms with van der Waals surface area (Å²) in [4.78, 5) is 13.9. The molecule has 1 aliphatic heterocycles. The summed E-state index contributed by atoms with van der Waals surface area (Å²) >= 11 is 0. The molecule has 0 radical (unpaired) electrons. The van der Waals surface area contributed by atoms with Crippen LogP contribution in [0.2, 0.25) is 0 Å². The maximum Gasteiger partial charge on any atom is 0.230 e. The van der Waals surface area contributed by atoms with Gasteiger partial charge in [-0.05, 0) is 25.8 Å². The molecule has 1 aliphatic rings. The molecule has 1 heterocycles. The molecule has 1 amide bonds. The molecule has 1 saturated heterocycles. The first kappa shape index (κ1) is 12.1. The Bertz CT molecular complexity index is 261. The summed E-state index contributed by atoms with van der Waals surface area (Å²) in [7, 11) is 1.79. The first-order chi connectivity index (χ1) is 7.16. The number of terminal acetylenes is 1. The summed E-state index contributed by atoms with van der Waals surface area (Å²) in [6, 6.07) is 0. The number of nitrogens with one attached hydrogen (secondary N) is 1. The Kier molecular flexibility index (Phi) is 4.16. The lowest BCUT2D eigenvalue weighted by atomic mass is 9.77. The Labute approximate surface area is 92.2 Å². The van der Waals surface area contributed by atoms with Gasteiger partial charge in [0.25, 0.3) is 0 Å². The molecular formula is C12H20N2O. The van der Waals surface area contributed by atoms with Gasteiger partial charge >= 0.3 is 0 Å². The van der Waals surface area contributed by atoms with E-state index in [0.29, 0.717) is 6.54 Å². The quantitative estimate of drug-likeness (QED) is 0.698. The highest BCUT2D eigenvalue weighted by atomic mass is 16.2. The molecule has 84 valence electrons. The zero-order chi connectivity index (χ0) is 11.3. The van der Waals surface area contributed by atoms with Gasteiger partial charge in [0.1, 0.15) is 0 Å². The number of nitrogens with zero attached hydrogens (tertiary/aromatic N) is 1. The van der Waals surface area contributed by atoms with Crippen molar-refractivity contribution in [1.29, 1.82) is 0 Å². The zero-order valence-corrected chi connectivity index (χ0v) is 9.68. The number of piperidine rings is 1. The predicted octanol–water partition coefficient (Wildman–Crippen LogP) is 0.858. The lowest BCUT2D eigenvalue weighted by Gasteiger charge is -2.37. The van der Waals surface area contributed by atoms with Gasteiger partial charge in [-0.1, -0.05) is 12.8 Å². The van der Waals surface area contributed by atoms with Crippen LogP contribution in [0.1, 0.15) is 26.2 Å². The van der Waals surface area contributed by atoms with Crippen LogP contribution in [0.5, 0.6) is 0 Å². The number of amides is 1. The van der Waals surface area contributed by atoms with Gasteiger partial charge in [0.15, 0.2) is 0 Å².